The average Bonchev–Trinajstić information content (AvgIpc) is 2.76. The van der Waals surface area contributed by atoms with E-state index in [1.54, 1.807) is 12.3 Å². The molecule has 0 atom stereocenters. The number of aromatic nitrogens is 2. The molecule has 2 aromatic heterocycles. The van der Waals surface area contributed by atoms with Crippen molar-refractivity contribution in [3.63, 3.8) is 0 Å². The van der Waals surface area contributed by atoms with Crippen molar-refractivity contribution >= 4 is 33.2 Å². The molecule has 0 spiro atoms. The van der Waals surface area contributed by atoms with E-state index in [1.807, 2.05) is 61.5 Å². The Labute approximate surface area is 172 Å². The number of esters is 1. The van der Waals surface area contributed by atoms with Crippen molar-refractivity contribution in [3.8, 4) is 0 Å². The van der Waals surface area contributed by atoms with Crippen molar-refractivity contribution in [3.05, 3.63) is 106 Å². The van der Waals surface area contributed by atoms with Crippen LogP contribution in [-0.4, -0.2) is 15.4 Å². The van der Waals surface area contributed by atoms with Gasteiger partial charge in [-0.25, -0.2) is 9.78 Å². The van der Waals surface area contributed by atoms with E-state index >= 15 is 0 Å². The van der Waals surface area contributed by atoms with Gasteiger partial charge in [0.05, 0.1) is 11.3 Å². The Morgan fingerprint density at radius 1 is 0.933 bits per heavy atom. The Kier molecular flexibility index (Phi) is 4.29. The molecule has 0 aliphatic heterocycles. The molecule has 5 rings (SSSR count). The van der Waals surface area contributed by atoms with Crippen molar-refractivity contribution in [2.24, 2.45) is 0 Å². The molecule has 2 heterocycles. The highest BCUT2D eigenvalue weighted by molar-refractivity contribution is 6.16. The van der Waals surface area contributed by atoms with Crippen molar-refractivity contribution in [2.45, 2.75) is 13.5 Å². The summed E-state index contributed by atoms with van der Waals surface area (Å²) in [4.78, 5) is 30.0. The van der Waals surface area contributed by atoms with E-state index in [4.69, 9.17) is 4.74 Å². The van der Waals surface area contributed by atoms with Crippen LogP contribution in [0.4, 0.5) is 0 Å². The summed E-state index contributed by atoms with van der Waals surface area (Å²) < 4.78 is 7.11. The number of hydrogen-bond acceptors (Lipinski definition) is 4. The smallest absolute Gasteiger partial charge is 0.339 e. The molecule has 0 bridgehead atoms. The number of fused-ring (bicyclic) bond motifs is 3. The zero-order valence-electron chi connectivity index (χ0n) is 16.3. The molecule has 0 radical (unpaired) electrons. The van der Waals surface area contributed by atoms with Crippen LogP contribution in [0.2, 0.25) is 0 Å². The van der Waals surface area contributed by atoms with Crippen LogP contribution in [0, 0.1) is 6.92 Å². The molecule has 3 aromatic carbocycles. The summed E-state index contributed by atoms with van der Waals surface area (Å²) >= 11 is 0. The highest BCUT2D eigenvalue weighted by Crippen LogP contribution is 2.29. The van der Waals surface area contributed by atoms with Crippen LogP contribution in [0.15, 0.2) is 83.8 Å². The van der Waals surface area contributed by atoms with Crippen LogP contribution < -0.4 is 5.56 Å². The van der Waals surface area contributed by atoms with Gasteiger partial charge in [0, 0.05) is 12.3 Å². The number of carbonyl (C=O) groups is 1. The summed E-state index contributed by atoms with van der Waals surface area (Å²) in [5.74, 6) is -0.435. The molecule has 0 unspecified atom stereocenters. The lowest BCUT2D eigenvalue weighted by Gasteiger charge is -2.12. The third kappa shape index (κ3) is 3.01. The Hall–Kier alpha value is -3.99. The molecule has 5 heteroatoms. The fourth-order valence-corrected chi connectivity index (χ4v) is 3.83. The van der Waals surface area contributed by atoms with E-state index in [2.05, 4.69) is 11.1 Å². The van der Waals surface area contributed by atoms with Crippen molar-refractivity contribution in [1.29, 1.82) is 0 Å². The third-order valence-corrected chi connectivity index (χ3v) is 5.27. The standard InChI is InChI=1S/C25H18N2O3/c1-16-7-6-12-27-22(28)14-19(26-24(16)27)15-30-25(29)23-20-10-4-2-8-17(20)13-18-9-3-5-11-21(18)23/h2-14H,15H2,1H3. The van der Waals surface area contributed by atoms with Crippen LogP contribution in [0.5, 0.6) is 0 Å². The van der Waals surface area contributed by atoms with Gasteiger partial charge in [0.2, 0.25) is 0 Å². The van der Waals surface area contributed by atoms with Crippen molar-refractivity contribution in [1.82, 2.24) is 9.38 Å². The molecule has 146 valence electrons. The summed E-state index contributed by atoms with van der Waals surface area (Å²) in [7, 11) is 0. The molecule has 5 nitrogen and oxygen atoms in total. The second-order valence-electron chi connectivity index (χ2n) is 7.24. The van der Waals surface area contributed by atoms with E-state index in [9.17, 15) is 9.59 Å². The number of ether oxygens (including phenoxy) is 1. The van der Waals surface area contributed by atoms with Gasteiger partial charge >= 0.3 is 5.97 Å². The van der Waals surface area contributed by atoms with Crippen LogP contribution in [-0.2, 0) is 11.3 Å². The van der Waals surface area contributed by atoms with E-state index in [0.717, 1.165) is 27.1 Å². The number of aryl methyl sites for hydroxylation is 1. The number of nitrogens with zero attached hydrogens (tertiary/aromatic N) is 2. The van der Waals surface area contributed by atoms with E-state index < -0.39 is 5.97 Å². The Bertz CT molecular complexity index is 1450. The van der Waals surface area contributed by atoms with Crippen LogP contribution in [0.1, 0.15) is 21.6 Å². The van der Waals surface area contributed by atoms with Gasteiger partial charge in [0.1, 0.15) is 12.3 Å². The zero-order chi connectivity index (χ0) is 20.7. The van der Waals surface area contributed by atoms with E-state index in [1.165, 1.54) is 10.5 Å². The van der Waals surface area contributed by atoms with Gasteiger partial charge in [-0.2, -0.15) is 0 Å². The van der Waals surface area contributed by atoms with Crippen LogP contribution in [0.25, 0.3) is 27.2 Å². The predicted octanol–water partition coefficient (Wildman–Crippen LogP) is 4.67. The predicted molar refractivity (Wildman–Crippen MR) is 117 cm³/mol. The van der Waals surface area contributed by atoms with Crippen LogP contribution in [0.3, 0.4) is 0 Å². The third-order valence-electron chi connectivity index (χ3n) is 5.27. The minimum atomic E-state index is -0.435. The fourth-order valence-electron chi connectivity index (χ4n) is 3.83. The topological polar surface area (TPSA) is 60.7 Å². The van der Waals surface area contributed by atoms with Crippen molar-refractivity contribution in [2.75, 3.05) is 0 Å². The first-order valence-corrected chi connectivity index (χ1v) is 9.67. The molecule has 0 saturated heterocycles. The maximum Gasteiger partial charge on any atom is 0.339 e. The number of rotatable bonds is 3. The second kappa shape index (κ2) is 7.12. The maximum atomic E-state index is 13.1. The van der Waals surface area contributed by atoms with Gasteiger partial charge in [-0.05, 0) is 46.2 Å². The van der Waals surface area contributed by atoms with Gasteiger partial charge in [-0.1, -0.05) is 54.6 Å². The van der Waals surface area contributed by atoms with Gasteiger partial charge in [0.25, 0.3) is 5.56 Å². The first-order chi connectivity index (χ1) is 14.6. The monoisotopic (exact) mass is 394 g/mol. The number of hydrogen-bond donors (Lipinski definition) is 0. The molecule has 0 saturated carbocycles. The first kappa shape index (κ1) is 18.1. The lowest BCUT2D eigenvalue weighted by atomic mass is 9.97. The number of benzene rings is 3. The molecule has 0 amide bonds. The summed E-state index contributed by atoms with van der Waals surface area (Å²) in [5.41, 5.74) is 2.18. The normalized spacial score (nSPS) is 11.2. The summed E-state index contributed by atoms with van der Waals surface area (Å²) in [6.07, 6.45) is 1.68. The molecule has 0 aliphatic rings. The van der Waals surface area contributed by atoms with Gasteiger partial charge in [-0.15, -0.1) is 0 Å². The summed E-state index contributed by atoms with van der Waals surface area (Å²) in [6, 6.07) is 22.7. The second-order valence-corrected chi connectivity index (χ2v) is 7.24. The molecule has 0 aliphatic carbocycles. The maximum absolute atomic E-state index is 13.1. The lowest BCUT2D eigenvalue weighted by molar-refractivity contribution is 0.0472. The lowest BCUT2D eigenvalue weighted by Crippen LogP contribution is -2.17. The van der Waals surface area contributed by atoms with E-state index in [0.29, 0.717) is 16.9 Å². The molecule has 0 fully saturated rings. The minimum absolute atomic E-state index is 0.0730. The number of carbonyl (C=O) groups excluding carboxylic acids is 1. The summed E-state index contributed by atoms with van der Waals surface area (Å²) in [5, 5.41) is 3.62. The quantitative estimate of drug-likeness (QED) is 0.330. The highest BCUT2D eigenvalue weighted by atomic mass is 16.5. The number of pyridine rings is 1. The molecule has 5 aromatic rings. The summed E-state index contributed by atoms with van der Waals surface area (Å²) in [6.45, 7) is 1.82. The minimum Gasteiger partial charge on any atom is -0.456 e. The molecular weight excluding hydrogens is 376 g/mol. The molecular formula is C25H18N2O3. The van der Waals surface area contributed by atoms with Gasteiger partial charge in [-0.3, -0.25) is 9.20 Å². The Balaban J connectivity index is 1.55. The van der Waals surface area contributed by atoms with Crippen LogP contribution >= 0.6 is 0 Å². The Morgan fingerprint density at radius 3 is 2.30 bits per heavy atom. The SMILES string of the molecule is Cc1cccn2c(=O)cc(COC(=O)c3c4ccccc4cc4ccccc34)nc12. The van der Waals surface area contributed by atoms with Crippen molar-refractivity contribution < 1.29 is 9.53 Å². The Morgan fingerprint density at radius 2 is 1.60 bits per heavy atom. The first-order valence-electron chi connectivity index (χ1n) is 9.67. The zero-order valence-corrected chi connectivity index (χ0v) is 16.3. The van der Waals surface area contributed by atoms with Gasteiger partial charge < -0.3 is 4.74 Å². The fraction of sp³-hybridized carbons (Fsp3) is 0.0800. The van der Waals surface area contributed by atoms with E-state index in [-0.39, 0.29) is 12.2 Å². The highest BCUT2D eigenvalue weighted by Gasteiger charge is 2.17. The molecule has 30 heavy (non-hydrogen) atoms. The average molecular weight is 394 g/mol. The van der Waals surface area contributed by atoms with Gasteiger partial charge in [0.15, 0.2) is 0 Å². The molecule has 0 N–H and O–H groups in total. The largest absolute Gasteiger partial charge is 0.456 e.